The molecule has 1 atom stereocenters. The van der Waals surface area contributed by atoms with Crippen molar-refractivity contribution >= 4 is 41.3 Å². The minimum Gasteiger partial charge on any atom is -0.468 e. The lowest BCUT2D eigenvalue weighted by molar-refractivity contribution is 0.193. The van der Waals surface area contributed by atoms with E-state index in [1.165, 1.54) is 4.88 Å². The van der Waals surface area contributed by atoms with E-state index in [1.807, 2.05) is 18.3 Å². The van der Waals surface area contributed by atoms with E-state index >= 15 is 0 Å². The standard InChI is InChI=1S/C18H29N5OS.HI/c1-5-19-18(22-13-17-20-11-14(4)25-17)21-12-15(23(6-2)7-3)16-9-8-10-24-16;/h8-11,15H,5-7,12-13H2,1-4H3,(H2,19,21,22);1H. The Morgan fingerprint density at radius 2 is 2.08 bits per heavy atom. The monoisotopic (exact) mass is 491 g/mol. The summed E-state index contributed by atoms with van der Waals surface area (Å²) in [5.41, 5.74) is 0. The number of likely N-dealkylation sites (N-methyl/N-ethyl adjacent to an activating group) is 1. The van der Waals surface area contributed by atoms with Crippen LogP contribution in [0.1, 0.15) is 42.5 Å². The second-order valence-corrected chi connectivity index (χ2v) is 7.01. The summed E-state index contributed by atoms with van der Waals surface area (Å²) in [7, 11) is 0. The molecule has 0 aromatic carbocycles. The highest BCUT2D eigenvalue weighted by molar-refractivity contribution is 14.0. The van der Waals surface area contributed by atoms with Gasteiger partial charge in [-0.15, -0.1) is 35.3 Å². The SMILES string of the molecule is CCNC(=NCc1ncc(C)s1)NCC(c1ccco1)N(CC)CC.I. The molecule has 0 radical (unpaired) electrons. The minimum atomic E-state index is 0. The summed E-state index contributed by atoms with van der Waals surface area (Å²) in [5, 5.41) is 7.78. The van der Waals surface area contributed by atoms with Gasteiger partial charge in [0.1, 0.15) is 10.8 Å². The van der Waals surface area contributed by atoms with Crippen LogP contribution in [0.2, 0.25) is 0 Å². The molecule has 0 saturated heterocycles. The van der Waals surface area contributed by atoms with Crippen molar-refractivity contribution in [2.75, 3.05) is 26.2 Å². The molecule has 2 aromatic heterocycles. The predicted molar refractivity (Wildman–Crippen MR) is 119 cm³/mol. The van der Waals surface area contributed by atoms with Gasteiger partial charge >= 0.3 is 0 Å². The number of hydrogen-bond acceptors (Lipinski definition) is 5. The van der Waals surface area contributed by atoms with Crippen LogP contribution in [0.4, 0.5) is 0 Å². The van der Waals surface area contributed by atoms with E-state index in [0.29, 0.717) is 6.54 Å². The van der Waals surface area contributed by atoms with Crippen LogP contribution in [0, 0.1) is 6.92 Å². The topological polar surface area (TPSA) is 65.7 Å². The van der Waals surface area contributed by atoms with Crippen LogP contribution in [0.3, 0.4) is 0 Å². The van der Waals surface area contributed by atoms with Crippen molar-refractivity contribution < 1.29 is 4.42 Å². The lowest BCUT2D eigenvalue weighted by Gasteiger charge is -2.28. The van der Waals surface area contributed by atoms with Crippen molar-refractivity contribution in [3.63, 3.8) is 0 Å². The Kier molecular flexibility index (Phi) is 10.8. The minimum absolute atomic E-state index is 0. The number of nitrogens with zero attached hydrogens (tertiary/aromatic N) is 3. The Hall–Kier alpha value is -1.13. The number of aliphatic imine (C=N–C) groups is 1. The Bertz CT molecular complexity index is 640. The predicted octanol–water partition coefficient (Wildman–Crippen LogP) is 3.80. The van der Waals surface area contributed by atoms with Gasteiger partial charge in [-0.25, -0.2) is 9.98 Å². The van der Waals surface area contributed by atoms with E-state index in [4.69, 9.17) is 4.42 Å². The Morgan fingerprint density at radius 3 is 2.62 bits per heavy atom. The molecule has 2 rings (SSSR count). The summed E-state index contributed by atoms with van der Waals surface area (Å²) in [6.07, 6.45) is 3.62. The molecule has 8 heteroatoms. The van der Waals surface area contributed by atoms with Gasteiger partial charge in [-0.2, -0.15) is 0 Å². The maximum Gasteiger partial charge on any atom is 0.191 e. The van der Waals surface area contributed by atoms with Crippen LogP contribution in [0.5, 0.6) is 0 Å². The molecule has 0 aliphatic rings. The zero-order valence-corrected chi connectivity index (χ0v) is 19.1. The largest absolute Gasteiger partial charge is 0.468 e. The summed E-state index contributed by atoms with van der Waals surface area (Å²) in [6.45, 7) is 12.5. The van der Waals surface area contributed by atoms with Crippen LogP contribution >= 0.6 is 35.3 Å². The molecule has 26 heavy (non-hydrogen) atoms. The maximum absolute atomic E-state index is 5.65. The van der Waals surface area contributed by atoms with Crippen molar-refractivity contribution in [2.24, 2.45) is 4.99 Å². The van der Waals surface area contributed by atoms with Crippen molar-refractivity contribution in [2.45, 2.75) is 40.3 Å². The number of halogens is 1. The van der Waals surface area contributed by atoms with Gasteiger partial charge in [0.15, 0.2) is 5.96 Å². The summed E-state index contributed by atoms with van der Waals surface area (Å²) in [4.78, 5) is 12.6. The molecule has 0 aliphatic heterocycles. The van der Waals surface area contributed by atoms with Crippen LogP contribution in [0.15, 0.2) is 34.0 Å². The highest BCUT2D eigenvalue weighted by Gasteiger charge is 2.20. The zero-order chi connectivity index (χ0) is 18.1. The second-order valence-electron chi connectivity index (χ2n) is 5.69. The Morgan fingerprint density at radius 1 is 1.31 bits per heavy atom. The first-order valence-corrected chi connectivity index (χ1v) is 9.70. The van der Waals surface area contributed by atoms with Gasteiger partial charge in [-0.3, -0.25) is 4.90 Å². The Balaban J connectivity index is 0.00000338. The van der Waals surface area contributed by atoms with Crippen LogP contribution in [-0.2, 0) is 6.54 Å². The first-order valence-electron chi connectivity index (χ1n) is 8.88. The molecule has 2 heterocycles. The highest BCUT2D eigenvalue weighted by Crippen LogP contribution is 2.20. The van der Waals surface area contributed by atoms with E-state index < -0.39 is 0 Å². The van der Waals surface area contributed by atoms with E-state index in [2.05, 4.69) is 53.2 Å². The quantitative estimate of drug-likeness (QED) is 0.318. The van der Waals surface area contributed by atoms with Crippen LogP contribution in [-0.4, -0.2) is 42.0 Å². The third-order valence-corrected chi connectivity index (χ3v) is 4.87. The Labute approximate surface area is 177 Å². The lowest BCUT2D eigenvalue weighted by Crippen LogP contribution is -2.43. The van der Waals surface area contributed by atoms with E-state index in [-0.39, 0.29) is 30.0 Å². The van der Waals surface area contributed by atoms with Crippen LogP contribution < -0.4 is 10.6 Å². The molecule has 1 unspecified atom stereocenters. The zero-order valence-electron chi connectivity index (χ0n) is 16.0. The second kappa shape index (κ2) is 12.3. The first kappa shape index (κ1) is 22.9. The lowest BCUT2D eigenvalue weighted by atomic mass is 10.2. The number of aromatic nitrogens is 1. The molecule has 0 saturated carbocycles. The number of guanidine groups is 1. The van der Waals surface area contributed by atoms with E-state index in [1.54, 1.807) is 17.6 Å². The average Bonchev–Trinajstić information content (AvgIpc) is 3.28. The summed E-state index contributed by atoms with van der Waals surface area (Å²) >= 11 is 1.69. The van der Waals surface area contributed by atoms with Gasteiger partial charge in [-0.05, 0) is 39.1 Å². The molecule has 0 bridgehead atoms. The van der Waals surface area contributed by atoms with Gasteiger partial charge in [0, 0.05) is 24.2 Å². The van der Waals surface area contributed by atoms with Gasteiger partial charge < -0.3 is 15.1 Å². The van der Waals surface area contributed by atoms with Gasteiger partial charge in [0.25, 0.3) is 0 Å². The molecule has 146 valence electrons. The number of nitrogens with one attached hydrogen (secondary N) is 2. The molecular weight excluding hydrogens is 461 g/mol. The third-order valence-electron chi connectivity index (χ3n) is 3.97. The molecule has 0 fully saturated rings. The summed E-state index contributed by atoms with van der Waals surface area (Å²) in [6, 6.07) is 4.15. The van der Waals surface area contributed by atoms with Crippen molar-refractivity contribution in [1.29, 1.82) is 0 Å². The van der Waals surface area contributed by atoms with E-state index in [0.717, 1.165) is 42.9 Å². The molecule has 2 N–H and O–H groups in total. The number of aryl methyl sites for hydroxylation is 1. The van der Waals surface area contributed by atoms with Crippen molar-refractivity contribution in [3.8, 4) is 0 Å². The number of furan rings is 1. The highest BCUT2D eigenvalue weighted by atomic mass is 127. The first-order chi connectivity index (χ1) is 12.2. The average molecular weight is 491 g/mol. The fourth-order valence-electron chi connectivity index (χ4n) is 2.71. The van der Waals surface area contributed by atoms with Gasteiger partial charge in [0.05, 0.1) is 18.8 Å². The number of hydrogen-bond donors (Lipinski definition) is 2. The van der Waals surface area contributed by atoms with Gasteiger partial charge in [-0.1, -0.05) is 13.8 Å². The maximum atomic E-state index is 5.65. The summed E-state index contributed by atoms with van der Waals surface area (Å²) < 4.78 is 5.65. The fraction of sp³-hybridized carbons (Fsp3) is 0.556. The fourth-order valence-corrected chi connectivity index (χ4v) is 3.42. The van der Waals surface area contributed by atoms with Crippen LogP contribution in [0.25, 0.3) is 0 Å². The van der Waals surface area contributed by atoms with Gasteiger partial charge in [0.2, 0.25) is 0 Å². The molecule has 0 spiro atoms. The smallest absolute Gasteiger partial charge is 0.191 e. The van der Waals surface area contributed by atoms with Crippen molar-refractivity contribution in [3.05, 3.63) is 40.2 Å². The molecule has 0 aliphatic carbocycles. The normalized spacial score (nSPS) is 12.7. The molecule has 0 amide bonds. The third kappa shape index (κ3) is 6.88. The molecular formula is C18H30IN5OS. The summed E-state index contributed by atoms with van der Waals surface area (Å²) in [5.74, 6) is 1.78. The van der Waals surface area contributed by atoms with Crippen molar-refractivity contribution in [1.82, 2.24) is 20.5 Å². The number of thiazole rings is 1. The number of rotatable bonds is 9. The van der Waals surface area contributed by atoms with E-state index in [9.17, 15) is 0 Å². The molecule has 6 nitrogen and oxygen atoms in total. The molecule has 2 aromatic rings.